The van der Waals surface area contributed by atoms with Crippen molar-refractivity contribution in [2.75, 3.05) is 23.2 Å². The third kappa shape index (κ3) is 6.65. The summed E-state index contributed by atoms with van der Waals surface area (Å²) in [4.78, 5) is 59.4. The Kier molecular flexibility index (Phi) is 8.72. The zero-order valence-electron chi connectivity index (χ0n) is 23.8. The molecule has 4 amide bonds. The number of anilines is 2. The zero-order valence-corrected chi connectivity index (χ0v) is 24.6. The number of carboxylic acids is 1. The van der Waals surface area contributed by atoms with Crippen LogP contribution in [-0.2, 0) is 26.0 Å². The Hall–Kier alpha value is -5.78. The van der Waals surface area contributed by atoms with Crippen LogP contribution in [0.1, 0.15) is 22.3 Å². The number of halogens is 2. The molecule has 0 spiro atoms. The minimum Gasteiger partial charge on any atom is -0.480 e. The van der Waals surface area contributed by atoms with E-state index in [0.29, 0.717) is 23.4 Å². The number of hydrogen-bond donors (Lipinski definition) is 3. The van der Waals surface area contributed by atoms with Gasteiger partial charge in [0.2, 0.25) is 5.91 Å². The van der Waals surface area contributed by atoms with Crippen LogP contribution in [-0.4, -0.2) is 81.6 Å². The van der Waals surface area contributed by atoms with E-state index in [1.807, 2.05) is 4.72 Å². The number of aromatic nitrogens is 4. The first-order valence-corrected chi connectivity index (χ1v) is 14.9. The van der Waals surface area contributed by atoms with Gasteiger partial charge in [-0.2, -0.15) is 13.5 Å². The smallest absolute Gasteiger partial charge is 0.331 e. The van der Waals surface area contributed by atoms with Crippen LogP contribution in [0.3, 0.4) is 0 Å². The lowest BCUT2D eigenvalue weighted by molar-refractivity contribution is -0.139. The van der Waals surface area contributed by atoms with Gasteiger partial charge in [0, 0.05) is 26.4 Å². The molecule has 1 saturated heterocycles. The second-order valence-electron chi connectivity index (χ2n) is 10.0. The van der Waals surface area contributed by atoms with Crippen molar-refractivity contribution in [3.63, 3.8) is 0 Å². The molecule has 0 radical (unpaired) electrons. The minimum absolute atomic E-state index is 0.133. The average Bonchev–Trinajstić information content (AvgIpc) is 3.54. The van der Waals surface area contributed by atoms with Crippen molar-refractivity contribution in [1.82, 2.24) is 30.0 Å². The predicted octanol–water partition coefficient (Wildman–Crippen LogP) is 1.96. The predicted molar refractivity (Wildman–Crippen MR) is 155 cm³/mol. The zero-order chi connectivity index (χ0) is 33.2. The highest BCUT2D eigenvalue weighted by molar-refractivity contribution is 7.92. The van der Waals surface area contributed by atoms with E-state index < -0.39 is 67.8 Å². The van der Waals surface area contributed by atoms with Gasteiger partial charge in [-0.25, -0.2) is 37.9 Å². The second-order valence-corrected chi connectivity index (χ2v) is 11.7. The van der Waals surface area contributed by atoms with Gasteiger partial charge < -0.3 is 15.3 Å². The van der Waals surface area contributed by atoms with E-state index in [1.54, 1.807) is 7.05 Å². The Labute approximate surface area is 259 Å². The number of nitrogens with one attached hydrogen (secondary N) is 2. The van der Waals surface area contributed by atoms with E-state index in [4.69, 9.17) is 0 Å². The van der Waals surface area contributed by atoms with Gasteiger partial charge in [0.25, 0.3) is 15.9 Å². The number of carbonyl (C=O) groups is 4. The Balaban J connectivity index is 1.27. The van der Waals surface area contributed by atoms with E-state index in [9.17, 15) is 41.5 Å². The third-order valence-electron chi connectivity index (χ3n) is 6.87. The van der Waals surface area contributed by atoms with Gasteiger partial charge in [-0.15, -0.1) is 0 Å². The molecule has 3 N–H and O–H groups in total. The topological polar surface area (TPSA) is 197 Å². The number of imide groups is 1. The summed E-state index contributed by atoms with van der Waals surface area (Å²) in [6, 6.07) is 7.27. The second kappa shape index (κ2) is 12.7. The van der Waals surface area contributed by atoms with Gasteiger partial charge in [-0.05, 0) is 42.0 Å². The number of pyridine rings is 1. The van der Waals surface area contributed by atoms with Gasteiger partial charge in [-0.3, -0.25) is 14.3 Å². The number of sulfonamides is 1. The molecule has 3 heterocycles. The first-order chi connectivity index (χ1) is 21.8. The quantitative estimate of drug-likeness (QED) is 0.227. The molecule has 5 rings (SSSR count). The first kappa shape index (κ1) is 31.6. The van der Waals surface area contributed by atoms with Gasteiger partial charge >= 0.3 is 12.0 Å². The maximum absolute atomic E-state index is 15.0. The van der Waals surface area contributed by atoms with Crippen LogP contribution in [0.2, 0.25) is 0 Å². The van der Waals surface area contributed by atoms with Crippen LogP contribution in [0.4, 0.5) is 25.0 Å². The van der Waals surface area contributed by atoms with Crippen molar-refractivity contribution in [2.45, 2.75) is 23.9 Å². The van der Waals surface area contributed by atoms with Crippen molar-refractivity contribution >= 4 is 45.2 Å². The standard InChI is InChI=1S/C28H24F2N8O7S/c1-36-9-8-24(39)38(28(36)43)18-4-2-16(3-5-18)10-22(27(41)42)34-26(40)25-20(29)11-17(12-21(25)30)35-46(44,45)23-7-6-19(13-32-23)37-15-31-14-33-37/h2-7,11-15,22,35H,8-10H2,1H3,(H,34,40)(H,41,42)/t22-/m0/s1. The molecule has 46 heavy (non-hydrogen) atoms. The summed E-state index contributed by atoms with van der Waals surface area (Å²) < 4.78 is 58.8. The van der Waals surface area contributed by atoms with Crippen LogP contribution in [0, 0.1) is 11.6 Å². The molecular formula is C28H24F2N8O7S. The Morgan fingerprint density at radius 2 is 1.72 bits per heavy atom. The van der Waals surface area contributed by atoms with Crippen molar-refractivity contribution in [1.29, 1.82) is 0 Å². The Morgan fingerprint density at radius 3 is 2.30 bits per heavy atom. The number of nitrogens with zero attached hydrogens (tertiary/aromatic N) is 6. The highest BCUT2D eigenvalue weighted by Crippen LogP contribution is 2.24. The molecule has 0 saturated carbocycles. The molecule has 2 aromatic carbocycles. The monoisotopic (exact) mass is 654 g/mol. The highest BCUT2D eigenvalue weighted by atomic mass is 32.2. The van der Waals surface area contributed by atoms with Crippen LogP contribution in [0.5, 0.6) is 0 Å². The van der Waals surface area contributed by atoms with Crippen molar-refractivity contribution in [3.05, 3.63) is 90.1 Å². The molecule has 0 bridgehead atoms. The molecular weight excluding hydrogens is 630 g/mol. The van der Waals surface area contributed by atoms with Crippen LogP contribution in [0.15, 0.2) is 72.4 Å². The number of rotatable bonds is 10. The normalized spacial score (nSPS) is 14.2. The number of urea groups is 1. The number of carbonyl (C=O) groups excluding carboxylic acids is 3. The maximum Gasteiger partial charge on any atom is 0.331 e. The highest BCUT2D eigenvalue weighted by Gasteiger charge is 2.31. The van der Waals surface area contributed by atoms with Crippen molar-refractivity contribution in [3.8, 4) is 5.69 Å². The summed E-state index contributed by atoms with van der Waals surface area (Å²) in [6.07, 6.45) is 3.65. The largest absolute Gasteiger partial charge is 0.480 e. The van der Waals surface area contributed by atoms with E-state index in [0.717, 1.165) is 11.0 Å². The fourth-order valence-corrected chi connectivity index (χ4v) is 5.49. The van der Waals surface area contributed by atoms with E-state index in [2.05, 4.69) is 20.4 Å². The lowest BCUT2D eigenvalue weighted by Crippen LogP contribution is -2.50. The SMILES string of the molecule is CN1CCC(=O)N(c2ccc(C[C@H](NC(=O)c3c(F)cc(NS(=O)(=O)c4ccc(-n5cncn5)cn4)cc3F)C(=O)O)cc2)C1=O. The average molecular weight is 655 g/mol. The molecule has 1 aliphatic rings. The van der Waals surface area contributed by atoms with Crippen LogP contribution < -0.4 is 14.9 Å². The molecule has 1 atom stereocenters. The summed E-state index contributed by atoms with van der Waals surface area (Å²) in [7, 11) is -2.86. The molecule has 0 unspecified atom stereocenters. The molecule has 2 aromatic heterocycles. The van der Waals surface area contributed by atoms with E-state index in [1.165, 1.54) is 58.8 Å². The molecule has 15 nitrogen and oxygen atoms in total. The molecule has 1 aliphatic heterocycles. The Bertz CT molecular complexity index is 1900. The number of aliphatic carboxylic acids is 1. The molecule has 18 heteroatoms. The minimum atomic E-state index is -4.41. The first-order valence-electron chi connectivity index (χ1n) is 13.4. The van der Waals surface area contributed by atoms with Gasteiger partial charge in [0.15, 0.2) is 5.03 Å². The fourth-order valence-electron chi connectivity index (χ4n) is 4.51. The van der Waals surface area contributed by atoms with Gasteiger partial charge in [0.1, 0.15) is 35.9 Å². The number of benzene rings is 2. The molecule has 1 fully saturated rings. The van der Waals surface area contributed by atoms with Gasteiger partial charge in [-0.1, -0.05) is 12.1 Å². The maximum atomic E-state index is 15.0. The molecule has 4 aromatic rings. The number of amides is 4. The summed E-state index contributed by atoms with van der Waals surface area (Å²) in [5, 5.41) is 15.2. The van der Waals surface area contributed by atoms with Crippen LogP contribution >= 0.6 is 0 Å². The summed E-state index contributed by atoms with van der Waals surface area (Å²) in [6.45, 7) is 0.282. The lowest BCUT2D eigenvalue weighted by atomic mass is 10.0. The summed E-state index contributed by atoms with van der Waals surface area (Å²) >= 11 is 0. The van der Waals surface area contributed by atoms with E-state index in [-0.39, 0.29) is 25.1 Å². The summed E-state index contributed by atoms with van der Waals surface area (Å²) in [5.74, 6) is -6.22. The van der Waals surface area contributed by atoms with Crippen molar-refractivity contribution in [2.24, 2.45) is 0 Å². The van der Waals surface area contributed by atoms with E-state index >= 15 is 0 Å². The number of carboxylic acid groups (broad SMARTS) is 1. The van der Waals surface area contributed by atoms with Crippen LogP contribution in [0.25, 0.3) is 5.69 Å². The molecule has 238 valence electrons. The summed E-state index contributed by atoms with van der Waals surface area (Å²) in [5.41, 5.74) is -0.651. The Morgan fingerprint density at radius 1 is 1.04 bits per heavy atom. The van der Waals surface area contributed by atoms with Crippen molar-refractivity contribution < 1.29 is 41.5 Å². The third-order valence-corrected chi connectivity index (χ3v) is 8.16. The lowest BCUT2D eigenvalue weighted by Gasteiger charge is -2.31. The van der Waals surface area contributed by atoms with Gasteiger partial charge in [0.05, 0.1) is 23.3 Å². The fraction of sp³-hybridized carbons (Fsp3) is 0.179. The molecule has 0 aliphatic carbocycles. The number of hydrogen-bond acceptors (Lipinski definition) is 9.